The number of hydrogen-bond donors (Lipinski definition) is 1. The lowest BCUT2D eigenvalue weighted by Crippen LogP contribution is -2.35. The number of hydrogen-bond acceptors (Lipinski definition) is 5. The van der Waals surface area contributed by atoms with Gasteiger partial charge in [0.2, 0.25) is 0 Å². The first-order chi connectivity index (χ1) is 19.1. The fourth-order valence-electron chi connectivity index (χ4n) is 5.10. The third-order valence-electron chi connectivity index (χ3n) is 7.21. The summed E-state index contributed by atoms with van der Waals surface area (Å²) in [6, 6.07) is 28.0. The number of para-hydroxylation sites is 1. The number of fused-ring (bicyclic) bond motifs is 1. The van der Waals surface area contributed by atoms with Gasteiger partial charge in [-0.05, 0) is 73.2 Å². The lowest BCUT2D eigenvalue weighted by Gasteiger charge is -2.32. The highest BCUT2D eigenvalue weighted by Crippen LogP contribution is 2.29. The zero-order valence-electron chi connectivity index (χ0n) is 21.6. The average Bonchev–Trinajstić information content (AvgIpc) is 3.34. The molecule has 0 atom stereocenters. The van der Waals surface area contributed by atoms with Crippen LogP contribution in [0.3, 0.4) is 0 Å². The van der Waals surface area contributed by atoms with E-state index in [-0.39, 0.29) is 0 Å². The van der Waals surface area contributed by atoms with Crippen LogP contribution in [0.1, 0.15) is 18.4 Å². The van der Waals surface area contributed by atoms with E-state index in [1.54, 1.807) is 10.7 Å². The van der Waals surface area contributed by atoms with E-state index < -0.39 is 0 Å². The van der Waals surface area contributed by atoms with Gasteiger partial charge in [-0.15, -0.1) is 0 Å². The lowest BCUT2D eigenvalue weighted by molar-refractivity contribution is 0.182. The van der Waals surface area contributed by atoms with Gasteiger partial charge in [0.25, 0.3) is 0 Å². The maximum absolute atomic E-state index is 6.47. The Morgan fingerprint density at radius 2 is 1.69 bits per heavy atom. The van der Waals surface area contributed by atoms with Crippen LogP contribution in [0.5, 0.6) is 11.5 Å². The molecule has 6 nitrogen and oxygen atoms in total. The van der Waals surface area contributed by atoms with Crippen molar-refractivity contribution in [2.45, 2.75) is 19.4 Å². The van der Waals surface area contributed by atoms with Gasteiger partial charge in [-0.25, -0.2) is 4.98 Å². The van der Waals surface area contributed by atoms with Crippen LogP contribution in [-0.4, -0.2) is 47.0 Å². The first-order valence-electron chi connectivity index (χ1n) is 13.3. The predicted octanol–water partition coefficient (Wildman–Crippen LogP) is 5.96. The minimum absolute atomic E-state index is 0.540. The number of anilines is 1. The van der Waals surface area contributed by atoms with Crippen molar-refractivity contribution in [2.75, 3.05) is 25.0 Å². The number of likely N-dealkylation sites (tertiary alicyclic amines) is 1. The van der Waals surface area contributed by atoms with Crippen LogP contribution in [0.15, 0.2) is 91.1 Å². The lowest BCUT2D eigenvalue weighted by atomic mass is 9.96. The van der Waals surface area contributed by atoms with Gasteiger partial charge in [0.1, 0.15) is 25.2 Å². The number of piperidine rings is 1. The summed E-state index contributed by atoms with van der Waals surface area (Å²) in [7, 11) is 6.18. The minimum Gasteiger partial charge on any atom is -0.457 e. The maximum atomic E-state index is 6.47. The summed E-state index contributed by atoms with van der Waals surface area (Å²) in [5, 5.41) is 8.72. The van der Waals surface area contributed by atoms with Crippen LogP contribution in [0, 0.1) is 5.92 Å². The Balaban J connectivity index is 1.07. The summed E-state index contributed by atoms with van der Waals surface area (Å²) in [6.45, 7) is 3.89. The molecular formula is C31H29BClN5O. The number of aromatic nitrogens is 3. The van der Waals surface area contributed by atoms with Crippen molar-refractivity contribution in [2.24, 2.45) is 5.92 Å². The molecule has 1 fully saturated rings. The van der Waals surface area contributed by atoms with E-state index in [0.29, 0.717) is 22.1 Å². The van der Waals surface area contributed by atoms with Gasteiger partial charge in [0.05, 0.1) is 5.69 Å². The van der Waals surface area contributed by atoms with Gasteiger partial charge in [-0.3, -0.25) is 4.90 Å². The fourth-order valence-corrected chi connectivity index (χ4v) is 5.33. The number of halogens is 1. The Labute approximate surface area is 235 Å². The Bertz CT molecular complexity index is 1570. The predicted molar refractivity (Wildman–Crippen MR) is 158 cm³/mol. The largest absolute Gasteiger partial charge is 0.457 e. The maximum Gasteiger partial charge on any atom is 0.150 e. The zero-order valence-corrected chi connectivity index (χ0v) is 22.4. The van der Waals surface area contributed by atoms with Crippen molar-refractivity contribution in [3.63, 3.8) is 0 Å². The molecule has 6 rings (SSSR count). The first kappa shape index (κ1) is 25.5. The summed E-state index contributed by atoms with van der Waals surface area (Å²) >= 11 is 6.47. The zero-order chi connectivity index (χ0) is 26.6. The quantitative estimate of drug-likeness (QED) is 0.249. The molecule has 0 aliphatic carbocycles. The van der Waals surface area contributed by atoms with Crippen molar-refractivity contribution >= 4 is 36.4 Å². The Morgan fingerprint density at radius 1 is 0.923 bits per heavy atom. The van der Waals surface area contributed by atoms with Crippen LogP contribution in [-0.2, 0) is 6.54 Å². The van der Waals surface area contributed by atoms with Gasteiger partial charge in [-0.1, -0.05) is 60.1 Å². The highest BCUT2D eigenvalue weighted by atomic mass is 35.5. The molecule has 0 unspecified atom stereocenters. The summed E-state index contributed by atoms with van der Waals surface area (Å²) in [4.78, 5) is 7.26. The number of ether oxygens (including phenoxy) is 1. The van der Waals surface area contributed by atoms with Gasteiger partial charge in [0, 0.05) is 35.9 Å². The van der Waals surface area contributed by atoms with E-state index in [2.05, 4.69) is 33.5 Å². The third-order valence-corrected chi connectivity index (χ3v) is 7.54. The summed E-state index contributed by atoms with van der Waals surface area (Å²) in [6.07, 6.45) is 3.89. The number of benzene rings is 3. The SMILES string of the molecule is [B]c1cnn2c(NCC3CCN(Cc4cccc(Oc5ccccc5)c4)CC3)cc(-c3ccccc3Cl)nc12. The van der Waals surface area contributed by atoms with Crippen molar-refractivity contribution in [1.29, 1.82) is 0 Å². The van der Waals surface area contributed by atoms with Crippen LogP contribution in [0.4, 0.5) is 5.82 Å². The van der Waals surface area contributed by atoms with E-state index in [1.807, 2.05) is 66.7 Å². The highest BCUT2D eigenvalue weighted by Gasteiger charge is 2.20. The molecule has 3 heterocycles. The van der Waals surface area contributed by atoms with E-state index in [9.17, 15) is 0 Å². The second-order valence-corrected chi connectivity index (χ2v) is 10.4. The van der Waals surface area contributed by atoms with Gasteiger partial charge >= 0.3 is 0 Å². The minimum atomic E-state index is 0.540. The molecule has 8 heteroatoms. The molecule has 1 aliphatic heterocycles. The molecule has 3 aromatic carbocycles. The van der Waals surface area contributed by atoms with Gasteiger partial charge in [-0.2, -0.15) is 9.61 Å². The Kier molecular flexibility index (Phi) is 7.52. The molecule has 0 spiro atoms. The molecule has 5 aromatic rings. The molecule has 2 aromatic heterocycles. The smallest absolute Gasteiger partial charge is 0.150 e. The normalized spacial score (nSPS) is 14.5. The topological polar surface area (TPSA) is 54.7 Å². The van der Waals surface area contributed by atoms with E-state index >= 15 is 0 Å². The van der Waals surface area contributed by atoms with E-state index in [0.717, 1.165) is 67.6 Å². The third kappa shape index (κ3) is 5.95. The van der Waals surface area contributed by atoms with Crippen LogP contribution < -0.4 is 15.5 Å². The number of nitrogens with zero attached hydrogens (tertiary/aromatic N) is 4. The molecule has 1 N–H and O–H groups in total. The fraction of sp³-hybridized carbons (Fsp3) is 0.226. The van der Waals surface area contributed by atoms with Crippen LogP contribution in [0.2, 0.25) is 5.02 Å². The van der Waals surface area contributed by atoms with E-state index in [4.69, 9.17) is 29.2 Å². The molecule has 194 valence electrons. The molecule has 1 aliphatic rings. The van der Waals surface area contributed by atoms with Crippen molar-refractivity contribution in [3.8, 4) is 22.8 Å². The van der Waals surface area contributed by atoms with Gasteiger partial charge < -0.3 is 10.1 Å². The molecule has 0 saturated carbocycles. The summed E-state index contributed by atoms with van der Waals surface area (Å²) in [5.74, 6) is 3.15. The summed E-state index contributed by atoms with van der Waals surface area (Å²) in [5.41, 5.74) is 4.08. The number of rotatable bonds is 8. The Hall–Kier alpha value is -3.81. The molecule has 2 radical (unpaired) electrons. The van der Waals surface area contributed by atoms with Crippen molar-refractivity contribution < 1.29 is 4.74 Å². The highest BCUT2D eigenvalue weighted by molar-refractivity contribution is 6.36. The number of nitrogens with one attached hydrogen (secondary N) is 1. The monoisotopic (exact) mass is 533 g/mol. The van der Waals surface area contributed by atoms with Crippen molar-refractivity contribution in [1.82, 2.24) is 19.5 Å². The van der Waals surface area contributed by atoms with Crippen LogP contribution >= 0.6 is 11.6 Å². The molecular weight excluding hydrogens is 505 g/mol. The molecule has 1 saturated heterocycles. The average molecular weight is 534 g/mol. The second-order valence-electron chi connectivity index (χ2n) is 10.0. The summed E-state index contributed by atoms with van der Waals surface area (Å²) < 4.78 is 7.79. The molecule has 0 bridgehead atoms. The Morgan fingerprint density at radius 3 is 2.51 bits per heavy atom. The second kappa shape index (κ2) is 11.5. The standard InChI is InChI=1S/C31H29BClN5O/c32-27-20-35-38-30(18-29(36-31(27)38)26-11-4-5-12-28(26)33)34-19-22-13-15-37(16-14-22)21-23-7-6-10-25(17-23)39-24-8-2-1-3-9-24/h1-12,17-18,20,22,34H,13-16,19,21H2. The van der Waals surface area contributed by atoms with Crippen LogP contribution in [0.25, 0.3) is 16.9 Å². The first-order valence-corrected chi connectivity index (χ1v) is 13.7. The van der Waals surface area contributed by atoms with E-state index in [1.165, 1.54) is 5.56 Å². The van der Waals surface area contributed by atoms with Gasteiger partial charge in [0.15, 0.2) is 5.65 Å². The molecule has 39 heavy (non-hydrogen) atoms. The molecule has 0 amide bonds. The van der Waals surface area contributed by atoms with Crippen molar-refractivity contribution in [3.05, 3.63) is 102 Å².